The van der Waals surface area contributed by atoms with E-state index < -0.39 is 23.5 Å². The molecule has 2 amide bonds. The zero-order chi connectivity index (χ0) is 25.3. The molecule has 178 valence electrons. The maximum atomic E-state index is 13.3. The van der Waals surface area contributed by atoms with Gasteiger partial charge in [-0.25, -0.2) is 0 Å². The number of hydrogen-bond acceptors (Lipinski definition) is 6. The molecule has 2 heterocycles. The maximum absolute atomic E-state index is 13.3. The predicted molar refractivity (Wildman–Crippen MR) is 133 cm³/mol. The van der Waals surface area contributed by atoms with Crippen molar-refractivity contribution < 1.29 is 24.2 Å². The van der Waals surface area contributed by atoms with Gasteiger partial charge in [-0.1, -0.05) is 35.3 Å². The van der Waals surface area contributed by atoms with Crippen molar-refractivity contribution in [1.82, 2.24) is 4.98 Å². The number of carbonyl (C=O) groups is 3. The summed E-state index contributed by atoms with van der Waals surface area (Å²) in [5.41, 5.74) is 1.25. The lowest BCUT2D eigenvalue weighted by atomic mass is 9.96. The second-order valence-corrected chi connectivity index (χ2v) is 8.47. The van der Waals surface area contributed by atoms with Gasteiger partial charge in [-0.15, -0.1) is 0 Å². The number of halogens is 2. The maximum Gasteiger partial charge on any atom is 0.300 e. The summed E-state index contributed by atoms with van der Waals surface area (Å²) in [6.45, 7) is 1.36. The van der Waals surface area contributed by atoms with Gasteiger partial charge >= 0.3 is 0 Å². The zero-order valence-corrected chi connectivity index (χ0v) is 20.1. The minimum Gasteiger partial charge on any atom is -0.507 e. The fourth-order valence-corrected chi connectivity index (χ4v) is 4.58. The van der Waals surface area contributed by atoms with Crippen LogP contribution in [0.4, 0.5) is 11.4 Å². The average molecular weight is 512 g/mol. The average Bonchev–Trinajstić information content (AvgIpc) is 3.09. The van der Waals surface area contributed by atoms with E-state index in [9.17, 15) is 19.5 Å². The molecular weight excluding hydrogens is 493 g/mol. The van der Waals surface area contributed by atoms with Gasteiger partial charge in [-0.2, -0.15) is 0 Å². The number of benzene rings is 2. The van der Waals surface area contributed by atoms with Crippen LogP contribution in [0.3, 0.4) is 0 Å². The summed E-state index contributed by atoms with van der Waals surface area (Å²) in [5, 5.41) is 14.1. The lowest BCUT2D eigenvalue weighted by Crippen LogP contribution is -2.29. The highest BCUT2D eigenvalue weighted by molar-refractivity contribution is 6.51. The number of ether oxygens (including phenoxy) is 1. The van der Waals surface area contributed by atoms with E-state index in [2.05, 4.69) is 10.3 Å². The Morgan fingerprint density at radius 3 is 2.43 bits per heavy atom. The molecule has 35 heavy (non-hydrogen) atoms. The molecule has 1 aromatic heterocycles. The first-order chi connectivity index (χ1) is 16.7. The predicted octanol–water partition coefficient (Wildman–Crippen LogP) is 4.98. The van der Waals surface area contributed by atoms with Gasteiger partial charge in [-0.05, 0) is 42.0 Å². The fourth-order valence-electron chi connectivity index (χ4n) is 3.94. The summed E-state index contributed by atoms with van der Waals surface area (Å²) in [4.78, 5) is 43.4. The van der Waals surface area contributed by atoms with Crippen molar-refractivity contribution >= 4 is 57.9 Å². The Labute approximate surface area is 210 Å². The molecule has 4 rings (SSSR count). The Bertz CT molecular complexity index is 1350. The van der Waals surface area contributed by atoms with Gasteiger partial charge < -0.3 is 15.2 Å². The van der Waals surface area contributed by atoms with Gasteiger partial charge in [0.2, 0.25) is 5.91 Å². The summed E-state index contributed by atoms with van der Waals surface area (Å²) in [7, 11) is 1.40. The van der Waals surface area contributed by atoms with E-state index in [1.165, 1.54) is 37.3 Å². The van der Waals surface area contributed by atoms with Crippen LogP contribution in [0.25, 0.3) is 5.76 Å². The first-order valence-corrected chi connectivity index (χ1v) is 11.1. The van der Waals surface area contributed by atoms with E-state index in [4.69, 9.17) is 27.9 Å². The number of pyridine rings is 1. The topological polar surface area (TPSA) is 109 Å². The van der Waals surface area contributed by atoms with Crippen molar-refractivity contribution in [3.63, 3.8) is 0 Å². The fraction of sp³-hybridized carbons (Fsp3) is 0.120. The molecular formula is C25H19Cl2N3O5. The van der Waals surface area contributed by atoms with Crippen molar-refractivity contribution in [2.75, 3.05) is 17.3 Å². The molecule has 1 aliphatic heterocycles. The van der Waals surface area contributed by atoms with Crippen molar-refractivity contribution in [2.45, 2.75) is 13.0 Å². The molecule has 1 fully saturated rings. The number of aliphatic hydroxyl groups excluding tert-OH is 1. The molecule has 2 aromatic carbocycles. The highest BCUT2D eigenvalue weighted by Gasteiger charge is 2.47. The van der Waals surface area contributed by atoms with E-state index in [0.717, 1.165) is 0 Å². The van der Waals surface area contributed by atoms with Crippen LogP contribution in [-0.4, -0.2) is 34.8 Å². The van der Waals surface area contributed by atoms with Gasteiger partial charge in [0, 0.05) is 36.3 Å². The van der Waals surface area contributed by atoms with Crippen molar-refractivity contribution in [1.29, 1.82) is 0 Å². The SMILES string of the molecule is COc1c(Cl)cc(/C(O)=C2\C(=O)C(=O)N(c3cccc(NC(C)=O)c3)C2c2cccnc2)cc1Cl. The zero-order valence-electron chi connectivity index (χ0n) is 18.6. The number of aliphatic hydroxyl groups is 1. The molecule has 0 aliphatic carbocycles. The minimum absolute atomic E-state index is 0.122. The first-order valence-electron chi connectivity index (χ1n) is 10.3. The summed E-state index contributed by atoms with van der Waals surface area (Å²) in [5.74, 6) is -2.29. The highest BCUT2D eigenvalue weighted by Crippen LogP contribution is 2.44. The number of aromatic nitrogens is 1. The van der Waals surface area contributed by atoms with Crippen molar-refractivity contribution in [2.24, 2.45) is 0 Å². The Hall–Kier alpha value is -3.88. The van der Waals surface area contributed by atoms with Crippen LogP contribution in [0.2, 0.25) is 10.0 Å². The Morgan fingerprint density at radius 2 is 1.83 bits per heavy atom. The van der Waals surface area contributed by atoms with Gasteiger partial charge in [0.15, 0.2) is 5.75 Å². The lowest BCUT2D eigenvalue weighted by molar-refractivity contribution is -0.132. The number of hydrogen-bond donors (Lipinski definition) is 2. The number of ketones is 1. The molecule has 0 bridgehead atoms. The minimum atomic E-state index is -1.00. The number of amides is 2. The summed E-state index contributed by atoms with van der Waals surface area (Å²) >= 11 is 12.5. The Balaban J connectivity index is 1.92. The van der Waals surface area contributed by atoms with Gasteiger partial charge in [0.25, 0.3) is 11.7 Å². The summed E-state index contributed by atoms with van der Waals surface area (Å²) in [6, 6.07) is 11.6. The number of anilines is 2. The van der Waals surface area contributed by atoms with E-state index >= 15 is 0 Å². The number of methoxy groups -OCH3 is 1. The third-order valence-corrected chi connectivity index (χ3v) is 5.93. The molecule has 0 saturated carbocycles. The number of nitrogens with zero attached hydrogens (tertiary/aromatic N) is 2. The normalized spacial score (nSPS) is 16.9. The molecule has 1 unspecified atom stereocenters. The van der Waals surface area contributed by atoms with E-state index in [1.807, 2.05) is 0 Å². The van der Waals surface area contributed by atoms with Crippen LogP contribution < -0.4 is 15.0 Å². The molecule has 0 radical (unpaired) electrons. The smallest absolute Gasteiger partial charge is 0.300 e. The molecule has 2 N–H and O–H groups in total. The van der Waals surface area contributed by atoms with Crippen LogP contribution in [0.15, 0.2) is 66.5 Å². The monoisotopic (exact) mass is 511 g/mol. The molecule has 3 aromatic rings. The van der Waals surface area contributed by atoms with E-state index in [-0.39, 0.29) is 32.8 Å². The van der Waals surface area contributed by atoms with E-state index in [0.29, 0.717) is 16.9 Å². The first kappa shape index (κ1) is 24.3. The molecule has 8 nitrogen and oxygen atoms in total. The molecule has 1 atom stereocenters. The Kier molecular flexibility index (Phi) is 6.77. The van der Waals surface area contributed by atoms with Crippen LogP contribution in [-0.2, 0) is 14.4 Å². The lowest BCUT2D eigenvalue weighted by Gasteiger charge is -2.25. The number of carbonyl (C=O) groups excluding carboxylic acids is 3. The third-order valence-electron chi connectivity index (χ3n) is 5.37. The van der Waals surface area contributed by atoms with Crippen molar-refractivity contribution in [3.05, 3.63) is 87.7 Å². The van der Waals surface area contributed by atoms with E-state index in [1.54, 1.807) is 42.6 Å². The van der Waals surface area contributed by atoms with Gasteiger partial charge in [0.1, 0.15) is 5.76 Å². The van der Waals surface area contributed by atoms with Crippen LogP contribution in [0.1, 0.15) is 24.1 Å². The number of Topliss-reactive ketones (excluding diaryl/α,β-unsaturated/α-hetero) is 1. The molecule has 10 heteroatoms. The largest absolute Gasteiger partial charge is 0.507 e. The van der Waals surface area contributed by atoms with Crippen LogP contribution >= 0.6 is 23.2 Å². The second kappa shape index (κ2) is 9.77. The van der Waals surface area contributed by atoms with Gasteiger partial charge in [0.05, 0.1) is 28.8 Å². The second-order valence-electron chi connectivity index (χ2n) is 7.66. The third kappa shape index (κ3) is 4.58. The summed E-state index contributed by atoms with van der Waals surface area (Å²) < 4.78 is 5.15. The Morgan fingerprint density at radius 1 is 1.11 bits per heavy atom. The number of rotatable bonds is 5. The quantitative estimate of drug-likeness (QED) is 0.284. The summed E-state index contributed by atoms with van der Waals surface area (Å²) in [6.07, 6.45) is 3.05. The van der Waals surface area contributed by atoms with Crippen LogP contribution in [0.5, 0.6) is 5.75 Å². The van der Waals surface area contributed by atoms with Crippen LogP contribution in [0, 0.1) is 0 Å². The van der Waals surface area contributed by atoms with Gasteiger partial charge in [-0.3, -0.25) is 24.3 Å². The standard InChI is InChI=1S/C25H19Cl2N3O5/c1-13(31)29-16-6-3-7-17(11-16)30-21(14-5-4-8-28-12-14)20(23(33)25(30)34)22(32)15-9-18(26)24(35-2)19(27)10-15/h3-12,21,32H,1-2H3,(H,29,31)/b22-20+. The number of nitrogens with one attached hydrogen (secondary N) is 1. The van der Waals surface area contributed by atoms with Crippen molar-refractivity contribution in [3.8, 4) is 5.75 Å². The molecule has 1 aliphatic rings. The highest BCUT2D eigenvalue weighted by atomic mass is 35.5. The molecule has 0 spiro atoms. The molecule has 1 saturated heterocycles.